The Labute approximate surface area is 138 Å². The van der Waals surface area contributed by atoms with Crippen molar-refractivity contribution in [3.63, 3.8) is 0 Å². The second-order valence-electron chi connectivity index (χ2n) is 5.19. The maximum atomic E-state index is 12.9. The number of sulfonamides is 1. The molecule has 0 atom stereocenters. The number of amides is 1. The number of nitrogens with zero attached hydrogens (tertiary/aromatic N) is 2. The monoisotopic (exact) mass is 346 g/mol. The van der Waals surface area contributed by atoms with Crippen molar-refractivity contribution < 1.29 is 23.1 Å². The summed E-state index contributed by atoms with van der Waals surface area (Å²) in [6.07, 6.45) is 0. The van der Waals surface area contributed by atoms with Gasteiger partial charge in [-0.15, -0.1) is 0 Å². The Hall–Kier alpha value is -2.87. The van der Waals surface area contributed by atoms with Crippen molar-refractivity contribution in [1.82, 2.24) is 0 Å². The fraction of sp³-hybridized carbons (Fsp3) is 0.125. The number of hydrogen-bond donors (Lipinski definition) is 1. The minimum atomic E-state index is -3.92. The molecular formula is C16H14N2O5S. The molecule has 7 nitrogen and oxygen atoms in total. The van der Waals surface area contributed by atoms with Gasteiger partial charge in [0.1, 0.15) is 13.1 Å². The van der Waals surface area contributed by atoms with Gasteiger partial charge in [0.15, 0.2) is 0 Å². The highest BCUT2D eigenvalue weighted by atomic mass is 32.2. The third-order valence-electron chi connectivity index (χ3n) is 3.65. The van der Waals surface area contributed by atoms with Crippen LogP contribution in [0.25, 0.3) is 0 Å². The molecule has 0 spiro atoms. The summed E-state index contributed by atoms with van der Waals surface area (Å²) in [4.78, 5) is 24.5. The van der Waals surface area contributed by atoms with Crippen molar-refractivity contribution in [2.75, 3.05) is 22.3 Å². The summed E-state index contributed by atoms with van der Waals surface area (Å²) in [5.74, 6) is -1.76. The van der Waals surface area contributed by atoms with Crippen molar-refractivity contribution in [2.45, 2.75) is 4.90 Å². The van der Waals surface area contributed by atoms with Gasteiger partial charge >= 0.3 is 5.97 Å². The number of benzene rings is 2. The molecule has 0 aliphatic carbocycles. The lowest BCUT2D eigenvalue weighted by atomic mass is 10.2. The number of rotatable bonds is 4. The summed E-state index contributed by atoms with van der Waals surface area (Å²) in [5.41, 5.74) is 0.540. The zero-order valence-corrected chi connectivity index (χ0v) is 13.3. The smallest absolute Gasteiger partial charge is 0.323 e. The molecule has 124 valence electrons. The lowest BCUT2D eigenvalue weighted by molar-refractivity contribution is -0.136. The highest BCUT2D eigenvalue weighted by Crippen LogP contribution is 2.36. The van der Waals surface area contributed by atoms with E-state index in [1.807, 2.05) is 0 Å². The normalized spacial score (nSPS) is 14.4. The van der Waals surface area contributed by atoms with Crippen LogP contribution in [0.15, 0.2) is 59.5 Å². The molecule has 1 aliphatic heterocycles. The topological polar surface area (TPSA) is 95.0 Å². The molecule has 0 unspecified atom stereocenters. The van der Waals surface area contributed by atoms with Crippen molar-refractivity contribution in [3.8, 4) is 0 Å². The van der Waals surface area contributed by atoms with E-state index in [0.29, 0.717) is 0 Å². The molecular weight excluding hydrogens is 332 g/mol. The van der Waals surface area contributed by atoms with E-state index in [4.69, 9.17) is 5.11 Å². The standard InChI is InChI=1S/C16H14N2O5S/c19-15-10-18(24(22,23)12-6-2-1-3-7-12)14-9-5-4-8-13(14)17(15)11-16(20)21/h1-9H,10-11H2,(H,20,21). The zero-order valence-electron chi connectivity index (χ0n) is 12.5. The van der Waals surface area contributed by atoms with Crippen molar-refractivity contribution in [1.29, 1.82) is 0 Å². The summed E-state index contributed by atoms with van der Waals surface area (Å²) in [6, 6.07) is 14.1. The Morgan fingerprint density at radius 2 is 1.58 bits per heavy atom. The summed E-state index contributed by atoms with van der Waals surface area (Å²) in [7, 11) is -3.92. The second-order valence-corrected chi connectivity index (χ2v) is 7.05. The minimum Gasteiger partial charge on any atom is -0.480 e. The van der Waals surface area contributed by atoms with Gasteiger partial charge in [-0.25, -0.2) is 8.42 Å². The Morgan fingerprint density at radius 1 is 1.00 bits per heavy atom. The number of para-hydroxylation sites is 2. The molecule has 0 saturated carbocycles. The highest BCUT2D eigenvalue weighted by molar-refractivity contribution is 7.92. The quantitative estimate of drug-likeness (QED) is 0.901. The third kappa shape index (κ3) is 2.71. The third-order valence-corrected chi connectivity index (χ3v) is 5.42. The van der Waals surface area contributed by atoms with Crippen LogP contribution in [0.3, 0.4) is 0 Å². The maximum Gasteiger partial charge on any atom is 0.323 e. The van der Waals surface area contributed by atoms with Gasteiger partial charge in [0.25, 0.3) is 10.0 Å². The zero-order chi connectivity index (χ0) is 17.3. The van der Waals surface area contributed by atoms with E-state index in [1.165, 1.54) is 18.2 Å². The molecule has 24 heavy (non-hydrogen) atoms. The molecule has 0 radical (unpaired) electrons. The first-order valence-electron chi connectivity index (χ1n) is 7.10. The summed E-state index contributed by atoms with van der Waals surface area (Å²) in [5, 5.41) is 8.99. The summed E-state index contributed by atoms with van der Waals surface area (Å²) in [6.45, 7) is -0.962. The number of anilines is 2. The lowest BCUT2D eigenvalue weighted by Crippen LogP contribution is -2.49. The van der Waals surface area contributed by atoms with Crippen LogP contribution in [0.5, 0.6) is 0 Å². The SMILES string of the molecule is O=C(O)CN1C(=O)CN(S(=O)(=O)c2ccccc2)c2ccccc21. The van der Waals surface area contributed by atoms with Crippen LogP contribution in [0, 0.1) is 0 Å². The van der Waals surface area contributed by atoms with Gasteiger partial charge < -0.3 is 5.11 Å². The molecule has 1 amide bonds. The Bertz CT molecular complexity index is 896. The minimum absolute atomic E-state index is 0.0688. The van der Waals surface area contributed by atoms with Gasteiger partial charge in [-0.2, -0.15) is 0 Å². The molecule has 1 aliphatic rings. The molecule has 2 aromatic rings. The van der Waals surface area contributed by atoms with E-state index in [9.17, 15) is 18.0 Å². The molecule has 8 heteroatoms. The largest absolute Gasteiger partial charge is 0.480 e. The number of aliphatic carboxylic acids is 1. The Morgan fingerprint density at radius 3 is 2.21 bits per heavy atom. The number of hydrogen-bond acceptors (Lipinski definition) is 4. The average molecular weight is 346 g/mol. The van der Waals surface area contributed by atoms with Gasteiger partial charge in [-0.1, -0.05) is 30.3 Å². The number of carbonyl (C=O) groups excluding carboxylic acids is 1. The average Bonchev–Trinajstić information content (AvgIpc) is 2.57. The van der Waals surface area contributed by atoms with E-state index < -0.39 is 35.0 Å². The van der Waals surface area contributed by atoms with Crippen molar-refractivity contribution in [3.05, 3.63) is 54.6 Å². The Balaban J connectivity index is 2.11. The molecule has 0 aromatic heterocycles. The van der Waals surface area contributed by atoms with Crippen LogP contribution < -0.4 is 9.21 Å². The van der Waals surface area contributed by atoms with E-state index in [0.717, 1.165) is 9.21 Å². The molecule has 0 fully saturated rings. The summed E-state index contributed by atoms with van der Waals surface area (Å²) >= 11 is 0. The molecule has 1 N–H and O–H groups in total. The highest BCUT2D eigenvalue weighted by Gasteiger charge is 2.36. The predicted molar refractivity (Wildman–Crippen MR) is 87.4 cm³/mol. The van der Waals surface area contributed by atoms with Crippen LogP contribution in [-0.4, -0.2) is 38.5 Å². The first-order valence-corrected chi connectivity index (χ1v) is 8.54. The molecule has 1 heterocycles. The van der Waals surface area contributed by atoms with Crippen molar-refractivity contribution >= 4 is 33.3 Å². The molecule has 3 rings (SSSR count). The first-order chi connectivity index (χ1) is 11.4. The first kappa shape index (κ1) is 16.0. The Kier molecular flexibility index (Phi) is 3.98. The van der Waals surface area contributed by atoms with Crippen LogP contribution in [-0.2, 0) is 19.6 Å². The van der Waals surface area contributed by atoms with Gasteiger partial charge in [-0.05, 0) is 24.3 Å². The molecule has 0 saturated heterocycles. The number of fused-ring (bicyclic) bond motifs is 1. The fourth-order valence-corrected chi connectivity index (χ4v) is 4.02. The van der Waals surface area contributed by atoms with Gasteiger partial charge in [0.05, 0.1) is 16.3 Å². The number of carboxylic acid groups (broad SMARTS) is 1. The summed E-state index contributed by atoms with van der Waals surface area (Å²) < 4.78 is 26.7. The van der Waals surface area contributed by atoms with Crippen LogP contribution in [0.2, 0.25) is 0 Å². The van der Waals surface area contributed by atoms with E-state index in [1.54, 1.807) is 36.4 Å². The van der Waals surface area contributed by atoms with E-state index in [2.05, 4.69) is 0 Å². The molecule has 2 aromatic carbocycles. The van der Waals surface area contributed by atoms with E-state index in [-0.39, 0.29) is 16.3 Å². The van der Waals surface area contributed by atoms with Gasteiger partial charge in [0, 0.05) is 0 Å². The lowest BCUT2D eigenvalue weighted by Gasteiger charge is -2.35. The number of carboxylic acids is 1. The van der Waals surface area contributed by atoms with Gasteiger partial charge in [0.2, 0.25) is 5.91 Å². The fourth-order valence-electron chi connectivity index (χ4n) is 2.57. The predicted octanol–water partition coefficient (Wildman–Crippen LogP) is 1.31. The van der Waals surface area contributed by atoms with Crippen LogP contribution >= 0.6 is 0 Å². The number of carbonyl (C=O) groups is 2. The van der Waals surface area contributed by atoms with Crippen LogP contribution in [0.4, 0.5) is 11.4 Å². The van der Waals surface area contributed by atoms with E-state index >= 15 is 0 Å². The van der Waals surface area contributed by atoms with Gasteiger partial charge in [-0.3, -0.25) is 18.8 Å². The van der Waals surface area contributed by atoms with Crippen LogP contribution in [0.1, 0.15) is 0 Å². The second kappa shape index (κ2) is 5.97. The maximum absolute atomic E-state index is 12.9. The molecule has 0 bridgehead atoms. The van der Waals surface area contributed by atoms with Crippen molar-refractivity contribution in [2.24, 2.45) is 0 Å².